The lowest BCUT2D eigenvalue weighted by Crippen LogP contribution is -2.43. The molecule has 122 valence electrons. The Labute approximate surface area is 133 Å². The van der Waals surface area contributed by atoms with Gasteiger partial charge < -0.3 is 10.1 Å². The Balaban J connectivity index is 2.55. The smallest absolute Gasteiger partial charge is 0.408 e. The van der Waals surface area contributed by atoms with Crippen LogP contribution >= 0.6 is 0 Å². The zero-order valence-corrected chi connectivity index (χ0v) is 14.5. The third-order valence-electron chi connectivity index (χ3n) is 2.77. The second-order valence-corrected chi connectivity index (χ2v) is 7.59. The fourth-order valence-corrected chi connectivity index (χ4v) is 2.71. The molecule has 0 radical (unpaired) electrons. The highest BCUT2D eigenvalue weighted by molar-refractivity contribution is 7.85. The molecule has 0 bridgehead atoms. The topological polar surface area (TPSA) is 72.5 Å². The first-order valence-corrected chi connectivity index (χ1v) is 8.37. The van der Waals surface area contributed by atoms with Gasteiger partial charge in [0.15, 0.2) is 5.78 Å². The molecular weight excluding hydrogens is 302 g/mol. The van der Waals surface area contributed by atoms with Crippen molar-refractivity contribution in [3.8, 4) is 0 Å². The monoisotopic (exact) mass is 325 g/mol. The number of ketones is 1. The van der Waals surface area contributed by atoms with Crippen molar-refractivity contribution in [3.05, 3.63) is 29.8 Å². The summed E-state index contributed by atoms with van der Waals surface area (Å²) < 4.78 is 17.2. The van der Waals surface area contributed by atoms with Gasteiger partial charge in [-0.25, -0.2) is 4.79 Å². The van der Waals surface area contributed by atoms with Crippen LogP contribution in [0.1, 0.15) is 33.3 Å². The Morgan fingerprint density at radius 3 is 2.27 bits per heavy atom. The minimum Gasteiger partial charge on any atom is -0.444 e. The first-order chi connectivity index (χ1) is 10.1. The summed E-state index contributed by atoms with van der Waals surface area (Å²) in [6.45, 7) is 8.71. The van der Waals surface area contributed by atoms with Crippen LogP contribution in [0.2, 0.25) is 0 Å². The summed E-state index contributed by atoms with van der Waals surface area (Å²) in [5.74, 6) is -0.440. The highest BCUT2D eigenvalue weighted by Gasteiger charge is 2.22. The molecule has 0 spiro atoms. The van der Waals surface area contributed by atoms with Gasteiger partial charge in [0.2, 0.25) is 0 Å². The summed E-state index contributed by atoms with van der Waals surface area (Å²) in [6.07, 6.45) is -0.658. The van der Waals surface area contributed by atoms with Crippen LogP contribution in [0.5, 0.6) is 0 Å². The van der Waals surface area contributed by atoms with E-state index in [2.05, 4.69) is 5.32 Å². The van der Waals surface area contributed by atoms with Gasteiger partial charge in [0.1, 0.15) is 5.60 Å². The van der Waals surface area contributed by atoms with Crippen LogP contribution in [0.25, 0.3) is 0 Å². The molecule has 0 aliphatic carbocycles. The number of benzene rings is 1. The lowest BCUT2D eigenvalue weighted by molar-refractivity contribution is -0.118. The average molecular weight is 325 g/mol. The minimum atomic E-state index is -1.42. The third kappa shape index (κ3) is 6.39. The molecule has 22 heavy (non-hydrogen) atoms. The summed E-state index contributed by atoms with van der Waals surface area (Å²) >= 11 is 0. The van der Waals surface area contributed by atoms with Crippen LogP contribution in [0.3, 0.4) is 0 Å². The van der Waals surface area contributed by atoms with Crippen molar-refractivity contribution < 1.29 is 18.5 Å². The lowest BCUT2D eigenvalue weighted by Gasteiger charge is -2.21. The molecule has 1 rings (SSSR count). The summed E-state index contributed by atoms with van der Waals surface area (Å²) in [7, 11) is -1.42. The number of carbonyl (C=O) groups is 2. The number of nitrogens with one attached hydrogen (secondary N) is 1. The van der Waals surface area contributed by atoms with E-state index in [4.69, 9.17) is 4.74 Å². The summed E-state index contributed by atoms with van der Waals surface area (Å²) in [4.78, 5) is 24.2. The fourth-order valence-electron chi connectivity index (χ4n) is 1.59. The number of hydrogen-bond donors (Lipinski definition) is 1. The second-order valence-electron chi connectivity index (χ2n) is 6.14. The molecular formula is C16H23NO4S. The van der Waals surface area contributed by atoms with E-state index < -0.39 is 28.5 Å². The molecule has 0 fully saturated rings. The standard InChI is InChI=1S/C16H23NO4S/c1-11-6-8-13(9-7-11)22(20)10-14(18)12(2)17-15(19)21-16(3,4)5/h6-9,12H,10H2,1-5H3,(H,17,19)/t12-,22+/m1/s1. The highest BCUT2D eigenvalue weighted by atomic mass is 32.2. The quantitative estimate of drug-likeness (QED) is 0.903. The SMILES string of the molecule is Cc1ccc([S@@](=O)CC(=O)[C@@H](C)NC(=O)OC(C)(C)C)cc1. The van der Waals surface area contributed by atoms with Crippen LogP contribution in [0.4, 0.5) is 4.79 Å². The first kappa shape index (κ1) is 18.4. The van der Waals surface area contributed by atoms with E-state index >= 15 is 0 Å². The largest absolute Gasteiger partial charge is 0.444 e. The van der Waals surface area contributed by atoms with Gasteiger partial charge in [-0.1, -0.05) is 17.7 Å². The summed E-state index contributed by atoms with van der Waals surface area (Å²) in [6, 6.07) is 6.43. The molecule has 1 amide bonds. The van der Waals surface area contributed by atoms with E-state index in [1.807, 2.05) is 19.1 Å². The normalized spacial score (nSPS) is 14.0. The first-order valence-electron chi connectivity index (χ1n) is 7.06. The van der Waals surface area contributed by atoms with Gasteiger partial charge in [0, 0.05) is 4.90 Å². The second kappa shape index (κ2) is 7.54. The number of ether oxygens (including phenoxy) is 1. The number of Topliss-reactive ketones (excluding diaryl/α,β-unsaturated/α-hetero) is 1. The van der Waals surface area contributed by atoms with Gasteiger partial charge in [-0.2, -0.15) is 0 Å². The maximum atomic E-state index is 12.1. The van der Waals surface area contributed by atoms with Gasteiger partial charge in [0.25, 0.3) is 0 Å². The fraction of sp³-hybridized carbons (Fsp3) is 0.500. The van der Waals surface area contributed by atoms with Crippen LogP contribution < -0.4 is 5.32 Å². The molecule has 0 unspecified atom stereocenters. The van der Waals surface area contributed by atoms with E-state index in [0.717, 1.165) is 5.56 Å². The molecule has 0 heterocycles. The van der Waals surface area contributed by atoms with Crippen LogP contribution in [-0.4, -0.2) is 33.5 Å². The van der Waals surface area contributed by atoms with Gasteiger partial charge >= 0.3 is 6.09 Å². The minimum absolute atomic E-state index is 0.139. The molecule has 0 saturated heterocycles. The van der Waals surface area contributed by atoms with Crippen molar-refractivity contribution in [2.45, 2.75) is 51.2 Å². The predicted molar refractivity (Wildman–Crippen MR) is 86.3 cm³/mol. The van der Waals surface area contributed by atoms with Gasteiger partial charge in [0.05, 0.1) is 22.6 Å². The zero-order chi connectivity index (χ0) is 16.9. The van der Waals surface area contributed by atoms with Gasteiger partial charge in [-0.05, 0) is 46.8 Å². The Hall–Kier alpha value is -1.69. The number of carbonyl (C=O) groups excluding carboxylic acids is 2. The van der Waals surface area contributed by atoms with Crippen molar-refractivity contribution >= 4 is 22.7 Å². The number of rotatable bonds is 5. The van der Waals surface area contributed by atoms with Gasteiger partial charge in [-0.15, -0.1) is 0 Å². The molecule has 0 aliphatic heterocycles. The average Bonchev–Trinajstić information content (AvgIpc) is 2.36. The van der Waals surface area contributed by atoms with Gasteiger partial charge in [-0.3, -0.25) is 9.00 Å². The lowest BCUT2D eigenvalue weighted by atomic mass is 10.2. The number of hydrogen-bond acceptors (Lipinski definition) is 4. The van der Waals surface area contributed by atoms with Crippen LogP contribution in [-0.2, 0) is 20.3 Å². The van der Waals surface area contributed by atoms with E-state index in [9.17, 15) is 13.8 Å². The molecule has 6 heteroatoms. The van der Waals surface area contributed by atoms with Crippen molar-refractivity contribution in [2.24, 2.45) is 0 Å². The maximum absolute atomic E-state index is 12.1. The maximum Gasteiger partial charge on any atom is 0.408 e. The molecule has 1 aromatic rings. The van der Waals surface area contributed by atoms with Crippen LogP contribution in [0.15, 0.2) is 29.2 Å². The number of aryl methyl sites for hydroxylation is 1. The molecule has 2 atom stereocenters. The molecule has 0 aromatic heterocycles. The Morgan fingerprint density at radius 1 is 1.23 bits per heavy atom. The molecule has 1 aromatic carbocycles. The molecule has 0 aliphatic rings. The zero-order valence-electron chi connectivity index (χ0n) is 13.6. The third-order valence-corrected chi connectivity index (χ3v) is 4.12. The predicted octanol–water partition coefficient (Wildman–Crippen LogP) is 2.58. The van der Waals surface area contributed by atoms with Crippen LogP contribution in [0, 0.1) is 6.92 Å². The van der Waals surface area contributed by atoms with Crippen molar-refractivity contribution in [1.29, 1.82) is 0 Å². The van der Waals surface area contributed by atoms with E-state index in [-0.39, 0.29) is 11.5 Å². The van der Waals surface area contributed by atoms with Crippen molar-refractivity contribution in [3.63, 3.8) is 0 Å². The van der Waals surface area contributed by atoms with E-state index in [0.29, 0.717) is 4.90 Å². The van der Waals surface area contributed by atoms with E-state index in [1.165, 1.54) is 0 Å². The Kier molecular flexibility index (Phi) is 6.29. The molecule has 1 N–H and O–H groups in total. The summed E-state index contributed by atoms with van der Waals surface area (Å²) in [5.41, 5.74) is 0.435. The Bertz CT molecular complexity index is 561. The molecule has 0 saturated carbocycles. The van der Waals surface area contributed by atoms with Crippen molar-refractivity contribution in [1.82, 2.24) is 5.32 Å². The number of alkyl carbamates (subject to hydrolysis) is 1. The Morgan fingerprint density at radius 2 is 1.77 bits per heavy atom. The molecule has 5 nitrogen and oxygen atoms in total. The highest BCUT2D eigenvalue weighted by Crippen LogP contribution is 2.10. The van der Waals surface area contributed by atoms with E-state index in [1.54, 1.807) is 39.8 Å². The van der Waals surface area contributed by atoms with Crippen molar-refractivity contribution in [2.75, 3.05) is 5.75 Å². The summed E-state index contributed by atoms with van der Waals surface area (Å²) in [5, 5.41) is 2.46. The number of amides is 1.